The topological polar surface area (TPSA) is 90.5 Å². The summed E-state index contributed by atoms with van der Waals surface area (Å²) in [5.74, 6) is -0.225. The van der Waals surface area contributed by atoms with Gasteiger partial charge in [-0.05, 0) is 31.4 Å². The van der Waals surface area contributed by atoms with E-state index in [2.05, 4.69) is 16.0 Å². The third-order valence-electron chi connectivity index (χ3n) is 2.60. The first-order valence-corrected chi connectivity index (χ1v) is 6.70. The number of hydrogen-bond acceptors (Lipinski definition) is 3. The van der Waals surface area contributed by atoms with Crippen LogP contribution in [0.1, 0.15) is 19.3 Å². The zero-order valence-electron chi connectivity index (χ0n) is 11.4. The summed E-state index contributed by atoms with van der Waals surface area (Å²) < 4.78 is 0. The Balaban J connectivity index is 2.10. The van der Waals surface area contributed by atoms with Gasteiger partial charge in [-0.2, -0.15) is 0 Å². The number of benzene rings is 1. The average Bonchev–Trinajstić information content (AvgIpc) is 2.46. The van der Waals surface area contributed by atoms with E-state index in [0.29, 0.717) is 12.2 Å². The van der Waals surface area contributed by atoms with Gasteiger partial charge in [0.15, 0.2) is 0 Å². The Morgan fingerprint density at radius 1 is 1.00 bits per heavy atom. The maximum atomic E-state index is 11.5. The minimum absolute atomic E-state index is 0.0569. The minimum Gasteiger partial charge on any atom is -0.396 e. The highest BCUT2D eigenvalue weighted by Crippen LogP contribution is 2.03. The van der Waals surface area contributed by atoms with E-state index in [1.54, 1.807) is 12.1 Å². The Labute approximate surface area is 118 Å². The molecule has 20 heavy (non-hydrogen) atoms. The molecule has 1 aromatic rings. The van der Waals surface area contributed by atoms with Crippen LogP contribution in [0.5, 0.6) is 0 Å². The summed E-state index contributed by atoms with van der Waals surface area (Å²) in [5, 5.41) is 16.4. The fourth-order valence-electron chi connectivity index (χ4n) is 1.56. The van der Waals surface area contributed by atoms with Crippen LogP contribution >= 0.6 is 0 Å². The first kappa shape index (κ1) is 16.0. The van der Waals surface area contributed by atoms with E-state index in [1.165, 1.54) is 0 Å². The number of aliphatic hydroxyl groups excluding tert-OH is 1. The lowest BCUT2D eigenvalue weighted by Crippen LogP contribution is -2.39. The number of para-hydroxylation sites is 1. The number of rotatable bonds is 8. The molecule has 0 aromatic heterocycles. The Kier molecular flexibility index (Phi) is 7.83. The molecule has 0 bridgehead atoms. The lowest BCUT2D eigenvalue weighted by Gasteiger charge is -2.08. The van der Waals surface area contributed by atoms with Crippen LogP contribution in [0.4, 0.5) is 10.5 Å². The van der Waals surface area contributed by atoms with Crippen molar-refractivity contribution in [2.75, 3.05) is 25.0 Å². The average molecular weight is 279 g/mol. The number of urea groups is 1. The van der Waals surface area contributed by atoms with Gasteiger partial charge in [0.25, 0.3) is 0 Å². The molecule has 0 heterocycles. The molecule has 0 saturated carbocycles. The van der Waals surface area contributed by atoms with Crippen molar-refractivity contribution >= 4 is 17.6 Å². The van der Waals surface area contributed by atoms with Gasteiger partial charge < -0.3 is 21.1 Å². The van der Waals surface area contributed by atoms with Crippen LogP contribution < -0.4 is 16.0 Å². The van der Waals surface area contributed by atoms with Crippen molar-refractivity contribution in [3.63, 3.8) is 0 Å². The summed E-state index contributed by atoms with van der Waals surface area (Å²) in [7, 11) is 0. The maximum absolute atomic E-state index is 11.5. The van der Waals surface area contributed by atoms with Gasteiger partial charge in [0.05, 0.1) is 6.54 Å². The van der Waals surface area contributed by atoms with E-state index in [1.807, 2.05) is 18.2 Å². The van der Waals surface area contributed by atoms with Crippen molar-refractivity contribution in [3.05, 3.63) is 30.3 Å². The van der Waals surface area contributed by atoms with Crippen LogP contribution in [0.25, 0.3) is 0 Å². The van der Waals surface area contributed by atoms with Crippen LogP contribution in [0, 0.1) is 0 Å². The number of unbranched alkanes of at least 4 members (excludes halogenated alkanes) is 2. The lowest BCUT2D eigenvalue weighted by atomic mass is 10.2. The number of hydrogen-bond donors (Lipinski definition) is 4. The van der Waals surface area contributed by atoms with Gasteiger partial charge in [-0.15, -0.1) is 0 Å². The highest BCUT2D eigenvalue weighted by Gasteiger charge is 2.04. The molecule has 4 N–H and O–H groups in total. The molecule has 6 nitrogen and oxygen atoms in total. The number of aliphatic hydroxyl groups is 1. The molecule has 1 rings (SSSR count). The molecule has 0 aliphatic carbocycles. The minimum atomic E-state index is -0.411. The normalized spacial score (nSPS) is 9.85. The molecule has 0 radical (unpaired) electrons. The van der Waals surface area contributed by atoms with Crippen molar-refractivity contribution in [3.8, 4) is 0 Å². The van der Waals surface area contributed by atoms with E-state index in [9.17, 15) is 9.59 Å². The summed E-state index contributed by atoms with van der Waals surface area (Å²) in [6, 6.07) is 8.60. The third kappa shape index (κ3) is 7.38. The first-order chi connectivity index (χ1) is 9.72. The number of carbonyl (C=O) groups is 2. The monoisotopic (exact) mass is 279 g/mol. The Morgan fingerprint density at radius 2 is 1.75 bits per heavy atom. The predicted octanol–water partition coefficient (Wildman–Crippen LogP) is 1.09. The van der Waals surface area contributed by atoms with Crippen molar-refractivity contribution in [1.82, 2.24) is 10.6 Å². The second kappa shape index (κ2) is 9.80. The van der Waals surface area contributed by atoms with E-state index in [-0.39, 0.29) is 19.1 Å². The maximum Gasteiger partial charge on any atom is 0.319 e. The molecular weight excluding hydrogens is 258 g/mol. The van der Waals surface area contributed by atoms with Crippen LogP contribution in [0.3, 0.4) is 0 Å². The van der Waals surface area contributed by atoms with Gasteiger partial charge in [0.1, 0.15) is 0 Å². The van der Waals surface area contributed by atoms with Gasteiger partial charge in [-0.1, -0.05) is 18.2 Å². The van der Waals surface area contributed by atoms with Gasteiger partial charge in [-0.25, -0.2) is 4.79 Å². The van der Waals surface area contributed by atoms with Gasteiger partial charge in [0.2, 0.25) is 5.91 Å². The summed E-state index contributed by atoms with van der Waals surface area (Å²) >= 11 is 0. The highest BCUT2D eigenvalue weighted by atomic mass is 16.3. The smallest absolute Gasteiger partial charge is 0.319 e. The van der Waals surface area contributed by atoms with Gasteiger partial charge in [0, 0.05) is 18.8 Å². The van der Waals surface area contributed by atoms with Crippen molar-refractivity contribution in [2.45, 2.75) is 19.3 Å². The van der Waals surface area contributed by atoms with E-state index in [0.717, 1.165) is 19.3 Å². The number of carbonyl (C=O) groups excluding carboxylic acids is 2. The van der Waals surface area contributed by atoms with Gasteiger partial charge in [-0.3, -0.25) is 4.79 Å². The number of anilines is 1. The zero-order chi connectivity index (χ0) is 14.6. The molecule has 0 aliphatic rings. The molecule has 3 amide bonds. The molecule has 0 saturated heterocycles. The molecular formula is C14H21N3O3. The summed E-state index contributed by atoms with van der Waals surface area (Å²) in [4.78, 5) is 22.9. The second-order valence-electron chi connectivity index (χ2n) is 4.31. The standard InChI is InChI=1S/C14H21N3O3/c18-10-6-2-5-9-15-13(19)11-16-14(20)17-12-7-3-1-4-8-12/h1,3-4,7-8,18H,2,5-6,9-11H2,(H,15,19)(H2,16,17,20). The Morgan fingerprint density at radius 3 is 2.45 bits per heavy atom. The van der Waals surface area contributed by atoms with Crippen molar-refractivity contribution < 1.29 is 14.7 Å². The fraction of sp³-hybridized carbons (Fsp3) is 0.429. The molecule has 0 spiro atoms. The third-order valence-corrected chi connectivity index (χ3v) is 2.60. The van der Waals surface area contributed by atoms with Crippen molar-refractivity contribution in [2.24, 2.45) is 0 Å². The van der Waals surface area contributed by atoms with E-state index >= 15 is 0 Å². The van der Waals surface area contributed by atoms with Crippen LogP contribution in [-0.2, 0) is 4.79 Å². The molecule has 110 valence electrons. The van der Waals surface area contributed by atoms with Crippen LogP contribution in [-0.4, -0.2) is 36.7 Å². The second-order valence-corrected chi connectivity index (χ2v) is 4.31. The van der Waals surface area contributed by atoms with Crippen LogP contribution in [0.15, 0.2) is 30.3 Å². The molecule has 1 aromatic carbocycles. The first-order valence-electron chi connectivity index (χ1n) is 6.70. The number of amides is 3. The van der Waals surface area contributed by atoms with Gasteiger partial charge >= 0.3 is 6.03 Å². The van der Waals surface area contributed by atoms with E-state index in [4.69, 9.17) is 5.11 Å². The largest absolute Gasteiger partial charge is 0.396 e. The SMILES string of the molecule is O=C(CNC(=O)Nc1ccccc1)NCCCCCO. The van der Waals surface area contributed by atoms with E-state index < -0.39 is 6.03 Å². The Hall–Kier alpha value is -2.08. The zero-order valence-corrected chi connectivity index (χ0v) is 11.4. The molecule has 0 aliphatic heterocycles. The van der Waals surface area contributed by atoms with Crippen molar-refractivity contribution in [1.29, 1.82) is 0 Å². The fourth-order valence-corrected chi connectivity index (χ4v) is 1.56. The van der Waals surface area contributed by atoms with Crippen LogP contribution in [0.2, 0.25) is 0 Å². The molecule has 6 heteroatoms. The predicted molar refractivity (Wildman–Crippen MR) is 77.4 cm³/mol. The summed E-state index contributed by atoms with van der Waals surface area (Å²) in [5.41, 5.74) is 0.675. The molecule has 0 unspecified atom stereocenters. The lowest BCUT2D eigenvalue weighted by molar-refractivity contribution is -0.120. The quantitative estimate of drug-likeness (QED) is 0.537. The Bertz CT molecular complexity index is 409. The number of nitrogens with one attached hydrogen (secondary N) is 3. The molecule has 0 atom stereocenters. The summed E-state index contributed by atoms with van der Waals surface area (Å²) in [6.07, 6.45) is 2.44. The summed E-state index contributed by atoms with van der Waals surface area (Å²) in [6.45, 7) is 0.675. The highest BCUT2D eigenvalue weighted by molar-refractivity contribution is 5.92. The molecule has 0 fully saturated rings.